The summed E-state index contributed by atoms with van der Waals surface area (Å²) in [6.07, 6.45) is 2.11. The Morgan fingerprint density at radius 1 is 1.48 bits per heavy atom. The second-order valence-electron chi connectivity index (χ2n) is 5.54. The number of sulfonamides is 1. The van der Waals surface area contributed by atoms with E-state index in [1.807, 2.05) is 13.0 Å². The number of nitriles is 1. The van der Waals surface area contributed by atoms with E-state index < -0.39 is 10.0 Å². The highest BCUT2D eigenvalue weighted by atomic mass is 32.2. The molecule has 0 aromatic heterocycles. The minimum atomic E-state index is -3.44. The van der Waals surface area contributed by atoms with Crippen LogP contribution in [0, 0.1) is 17.2 Å². The van der Waals surface area contributed by atoms with Gasteiger partial charge in [-0.25, -0.2) is 13.1 Å². The molecule has 1 aromatic rings. The van der Waals surface area contributed by atoms with Crippen molar-refractivity contribution < 1.29 is 8.42 Å². The van der Waals surface area contributed by atoms with Crippen molar-refractivity contribution in [3.05, 3.63) is 35.4 Å². The van der Waals surface area contributed by atoms with E-state index in [9.17, 15) is 8.42 Å². The predicted octanol–water partition coefficient (Wildman–Crippen LogP) is 1.37. The van der Waals surface area contributed by atoms with E-state index in [1.54, 1.807) is 24.3 Å². The van der Waals surface area contributed by atoms with Gasteiger partial charge in [-0.05, 0) is 50.4 Å². The minimum absolute atomic E-state index is 0.1000. The fraction of sp³-hybridized carbons (Fsp3) is 0.533. The highest BCUT2D eigenvalue weighted by molar-refractivity contribution is 7.88. The molecule has 2 rings (SSSR count). The van der Waals surface area contributed by atoms with Crippen LogP contribution in [-0.2, 0) is 15.8 Å². The summed E-state index contributed by atoms with van der Waals surface area (Å²) in [6.45, 7) is 3.76. The van der Waals surface area contributed by atoms with Gasteiger partial charge in [-0.2, -0.15) is 5.26 Å². The van der Waals surface area contributed by atoms with Crippen molar-refractivity contribution in [2.75, 3.05) is 13.1 Å². The molecule has 5 nitrogen and oxygen atoms in total. The Morgan fingerprint density at radius 3 is 2.90 bits per heavy atom. The van der Waals surface area contributed by atoms with Crippen LogP contribution < -0.4 is 10.0 Å². The lowest BCUT2D eigenvalue weighted by atomic mass is 9.94. The van der Waals surface area contributed by atoms with Gasteiger partial charge in [0.15, 0.2) is 0 Å². The van der Waals surface area contributed by atoms with Gasteiger partial charge in [0.25, 0.3) is 0 Å². The lowest BCUT2D eigenvalue weighted by Crippen LogP contribution is -2.44. The molecule has 1 aromatic carbocycles. The zero-order chi connectivity index (χ0) is 15.3. The third-order valence-electron chi connectivity index (χ3n) is 3.89. The van der Waals surface area contributed by atoms with Gasteiger partial charge < -0.3 is 5.32 Å². The van der Waals surface area contributed by atoms with Crippen molar-refractivity contribution >= 4 is 10.0 Å². The Hall–Kier alpha value is -1.42. The fourth-order valence-corrected chi connectivity index (χ4v) is 4.19. The third kappa shape index (κ3) is 4.53. The van der Waals surface area contributed by atoms with E-state index in [0.29, 0.717) is 17.0 Å². The van der Waals surface area contributed by atoms with Gasteiger partial charge in [0.05, 0.1) is 17.4 Å². The maximum Gasteiger partial charge on any atom is 0.216 e. The van der Waals surface area contributed by atoms with Crippen molar-refractivity contribution in [1.29, 1.82) is 5.26 Å². The summed E-state index contributed by atoms with van der Waals surface area (Å²) in [6, 6.07) is 8.74. The second kappa shape index (κ2) is 7.03. The standard InChI is InChI=1S/C15H21N3O2S/c1-12(14-7-4-8-17-10-14)18-21(19,20)11-15-6-3-2-5-13(15)9-16/h2-3,5-6,12,14,17-18H,4,7-8,10-11H2,1H3. The Labute approximate surface area is 126 Å². The number of hydrogen-bond donors (Lipinski definition) is 2. The van der Waals surface area contributed by atoms with Gasteiger partial charge in [-0.1, -0.05) is 18.2 Å². The summed E-state index contributed by atoms with van der Waals surface area (Å²) in [5.41, 5.74) is 0.955. The van der Waals surface area contributed by atoms with Crippen LogP contribution in [0.3, 0.4) is 0 Å². The topological polar surface area (TPSA) is 82.0 Å². The van der Waals surface area contributed by atoms with Gasteiger partial charge in [-0.15, -0.1) is 0 Å². The number of nitrogens with zero attached hydrogens (tertiary/aromatic N) is 1. The van der Waals surface area contributed by atoms with E-state index in [4.69, 9.17) is 5.26 Å². The van der Waals surface area contributed by atoms with Crippen LogP contribution in [0.5, 0.6) is 0 Å². The molecule has 21 heavy (non-hydrogen) atoms. The number of nitrogens with one attached hydrogen (secondary N) is 2. The van der Waals surface area contributed by atoms with Crippen LogP contribution in [-0.4, -0.2) is 27.5 Å². The molecule has 0 amide bonds. The molecule has 0 spiro atoms. The molecular weight excluding hydrogens is 286 g/mol. The highest BCUT2D eigenvalue weighted by Crippen LogP contribution is 2.16. The lowest BCUT2D eigenvalue weighted by molar-refractivity contribution is 0.320. The SMILES string of the molecule is CC(NS(=O)(=O)Cc1ccccc1C#N)C1CCCNC1. The predicted molar refractivity (Wildman–Crippen MR) is 82.0 cm³/mol. The molecule has 0 bridgehead atoms. The van der Waals surface area contributed by atoms with Crippen molar-refractivity contribution in [3.8, 4) is 6.07 Å². The van der Waals surface area contributed by atoms with Crippen LogP contribution in [0.15, 0.2) is 24.3 Å². The number of piperidine rings is 1. The molecular formula is C15H21N3O2S. The number of benzene rings is 1. The second-order valence-corrected chi connectivity index (χ2v) is 7.29. The third-order valence-corrected chi connectivity index (χ3v) is 5.31. The van der Waals surface area contributed by atoms with E-state index in [0.717, 1.165) is 25.9 Å². The monoisotopic (exact) mass is 307 g/mol. The van der Waals surface area contributed by atoms with Gasteiger partial charge in [0.2, 0.25) is 10.0 Å². The molecule has 1 saturated heterocycles. The Morgan fingerprint density at radius 2 is 2.24 bits per heavy atom. The van der Waals surface area contributed by atoms with Gasteiger partial charge in [-0.3, -0.25) is 0 Å². The average Bonchev–Trinajstić information content (AvgIpc) is 2.47. The Bertz CT molecular complexity index is 616. The van der Waals surface area contributed by atoms with Crippen LogP contribution in [0.2, 0.25) is 0 Å². The van der Waals surface area contributed by atoms with Crippen LogP contribution in [0.25, 0.3) is 0 Å². The van der Waals surface area contributed by atoms with Crippen molar-refractivity contribution in [3.63, 3.8) is 0 Å². The van der Waals surface area contributed by atoms with Crippen molar-refractivity contribution in [1.82, 2.24) is 10.0 Å². The summed E-state index contributed by atoms with van der Waals surface area (Å²) < 4.78 is 27.3. The summed E-state index contributed by atoms with van der Waals surface area (Å²) in [5, 5.41) is 12.3. The molecule has 2 atom stereocenters. The minimum Gasteiger partial charge on any atom is -0.316 e. The zero-order valence-electron chi connectivity index (χ0n) is 12.2. The molecule has 1 aliphatic heterocycles. The first-order chi connectivity index (χ1) is 10.0. The van der Waals surface area contributed by atoms with Crippen molar-refractivity contribution in [2.24, 2.45) is 5.92 Å². The summed E-state index contributed by atoms with van der Waals surface area (Å²) in [5.74, 6) is 0.168. The molecule has 2 unspecified atom stereocenters. The molecule has 6 heteroatoms. The molecule has 1 fully saturated rings. The molecule has 0 aliphatic carbocycles. The molecule has 1 aliphatic rings. The van der Waals surface area contributed by atoms with Gasteiger partial charge in [0, 0.05) is 6.04 Å². The van der Waals surface area contributed by atoms with Crippen LogP contribution in [0.1, 0.15) is 30.9 Å². The Balaban J connectivity index is 2.03. The Kier molecular flexibility index (Phi) is 5.34. The van der Waals surface area contributed by atoms with Gasteiger partial charge in [0.1, 0.15) is 0 Å². The smallest absolute Gasteiger partial charge is 0.216 e. The average molecular weight is 307 g/mol. The molecule has 114 valence electrons. The largest absolute Gasteiger partial charge is 0.316 e. The van der Waals surface area contributed by atoms with Crippen molar-refractivity contribution in [2.45, 2.75) is 31.6 Å². The van der Waals surface area contributed by atoms with E-state index in [-0.39, 0.29) is 11.8 Å². The molecule has 1 heterocycles. The summed E-state index contributed by atoms with van der Waals surface area (Å²) in [7, 11) is -3.44. The fourth-order valence-electron chi connectivity index (χ4n) is 2.69. The molecule has 0 radical (unpaired) electrons. The summed E-state index contributed by atoms with van der Waals surface area (Å²) >= 11 is 0. The number of rotatable bonds is 5. The quantitative estimate of drug-likeness (QED) is 0.860. The van der Waals surface area contributed by atoms with Crippen LogP contribution in [0.4, 0.5) is 0 Å². The lowest BCUT2D eigenvalue weighted by Gasteiger charge is -2.28. The van der Waals surface area contributed by atoms with E-state index in [2.05, 4.69) is 10.0 Å². The maximum absolute atomic E-state index is 12.3. The first-order valence-corrected chi connectivity index (χ1v) is 8.86. The zero-order valence-corrected chi connectivity index (χ0v) is 13.0. The van der Waals surface area contributed by atoms with E-state index in [1.165, 1.54) is 0 Å². The maximum atomic E-state index is 12.3. The number of hydrogen-bond acceptors (Lipinski definition) is 4. The first kappa shape index (κ1) is 16.0. The molecule has 2 N–H and O–H groups in total. The first-order valence-electron chi connectivity index (χ1n) is 7.20. The van der Waals surface area contributed by atoms with Crippen LogP contribution >= 0.6 is 0 Å². The normalized spacial score (nSPS) is 20.7. The van der Waals surface area contributed by atoms with E-state index >= 15 is 0 Å². The molecule has 0 saturated carbocycles. The summed E-state index contributed by atoms with van der Waals surface area (Å²) in [4.78, 5) is 0. The van der Waals surface area contributed by atoms with Gasteiger partial charge >= 0.3 is 0 Å². The highest BCUT2D eigenvalue weighted by Gasteiger charge is 2.24.